The Hall–Kier alpha value is -2.14. The summed E-state index contributed by atoms with van der Waals surface area (Å²) in [7, 11) is 0. The van der Waals surface area contributed by atoms with Crippen LogP contribution in [0.1, 0.15) is 16.8 Å². The fraction of sp³-hybridized carbons (Fsp3) is 0.176. The van der Waals surface area contributed by atoms with Gasteiger partial charge < -0.3 is 0 Å². The molecular weight excluding hydrogens is 299 g/mol. The van der Waals surface area contributed by atoms with E-state index in [4.69, 9.17) is 0 Å². The van der Waals surface area contributed by atoms with Gasteiger partial charge in [0.05, 0.1) is 11.3 Å². The second-order valence-corrected chi connectivity index (χ2v) is 5.93. The van der Waals surface area contributed by atoms with Gasteiger partial charge in [-0.2, -0.15) is 0 Å². The first-order valence-electron chi connectivity index (χ1n) is 7.08. The zero-order chi connectivity index (χ0) is 15.4. The van der Waals surface area contributed by atoms with Crippen molar-refractivity contribution in [3.63, 3.8) is 0 Å². The first-order chi connectivity index (χ1) is 10.8. The van der Waals surface area contributed by atoms with E-state index in [9.17, 15) is 9.18 Å². The molecule has 5 heteroatoms. The number of carbonyl (C=O) groups excluding carboxylic acids is 1. The minimum absolute atomic E-state index is 0.0887. The van der Waals surface area contributed by atoms with Gasteiger partial charge in [0.2, 0.25) is 0 Å². The molecule has 1 amide bonds. The Morgan fingerprint density at radius 2 is 1.82 bits per heavy atom. The van der Waals surface area contributed by atoms with Crippen LogP contribution >= 0.6 is 11.8 Å². The van der Waals surface area contributed by atoms with Crippen molar-refractivity contribution in [1.29, 1.82) is 0 Å². The van der Waals surface area contributed by atoms with Gasteiger partial charge in [-0.25, -0.2) is 9.38 Å². The van der Waals surface area contributed by atoms with Crippen LogP contribution in [0.4, 0.5) is 10.1 Å². The quantitative estimate of drug-likeness (QED) is 0.836. The highest BCUT2D eigenvalue weighted by atomic mass is 32.2. The van der Waals surface area contributed by atoms with E-state index in [0.717, 1.165) is 17.9 Å². The number of halogens is 1. The average molecular weight is 314 g/mol. The molecule has 0 radical (unpaired) electrons. The molecule has 0 aromatic heterocycles. The van der Waals surface area contributed by atoms with Crippen molar-refractivity contribution >= 4 is 28.5 Å². The molecule has 3 nitrogen and oxygen atoms in total. The lowest BCUT2D eigenvalue weighted by molar-refractivity contribution is 0.0845. The van der Waals surface area contributed by atoms with Gasteiger partial charge in [-0.15, -0.1) is 0 Å². The normalized spacial score (nSPS) is 16.8. The molecule has 2 aromatic carbocycles. The molecule has 1 aliphatic heterocycles. The van der Waals surface area contributed by atoms with Crippen LogP contribution in [0, 0.1) is 5.82 Å². The Morgan fingerprint density at radius 3 is 2.59 bits per heavy atom. The summed E-state index contributed by atoms with van der Waals surface area (Å²) in [6.07, 6.45) is 0.874. The molecule has 0 spiro atoms. The average Bonchev–Trinajstić information content (AvgIpc) is 2.56. The standard InChI is InChI=1S/C17H15FN2OS/c18-15-10-5-4-9-14(15)16(21)20-11-6-12-22-17(20)19-13-7-2-1-3-8-13/h1-5,7-10H,6,11-12H2. The second-order valence-electron chi connectivity index (χ2n) is 4.87. The number of hydrogen-bond donors (Lipinski definition) is 0. The second kappa shape index (κ2) is 6.75. The zero-order valence-electron chi connectivity index (χ0n) is 11.9. The number of carbonyl (C=O) groups is 1. The smallest absolute Gasteiger partial charge is 0.262 e. The largest absolute Gasteiger partial charge is 0.287 e. The summed E-state index contributed by atoms with van der Waals surface area (Å²) in [6, 6.07) is 15.5. The topological polar surface area (TPSA) is 32.7 Å². The van der Waals surface area contributed by atoms with Crippen molar-refractivity contribution in [3.05, 3.63) is 66.0 Å². The molecule has 0 atom stereocenters. The van der Waals surface area contributed by atoms with Crippen molar-refractivity contribution in [2.24, 2.45) is 4.99 Å². The lowest BCUT2D eigenvalue weighted by Gasteiger charge is -2.27. The van der Waals surface area contributed by atoms with Gasteiger partial charge in [-0.05, 0) is 30.7 Å². The molecule has 22 heavy (non-hydrogen) atoms. The minimum Gasteiger partial charge on any atom is -0.287 e. The monoisotopic (exact) mass is 314 g/mol. The number of hydrogen-bond acceptors (Lipinski definition) is 3. The fourth-order valence-electron chi connectivity index (χ4n) is 2.23. The van der Waals surface area contributed by atoms with Crippen LogP contribution in [-0.2, 0) is 0 Å². The maximum absolute atomic E-state index is 13.9. The molecule has 0 bridgehead atoms. The third kappa shape index (κ3) is 3.20. The van der Waals surface area contributed by atoms with E-state index < -0.39 is 5.82 Å². The molecule has 1 aliphatic rings. The van der Waals surface area contributed by atoms with Crippen LogP contribution in [0.2, 0.25) is 0 Å². The number of amidine groups is 1. The van der Waals surface area contributed by atoms with Gasteiger partial charge >= 0.3 is 0 Å². The van der Waals surface area contributed by atoms with Crippen molar-refractivity contribution in [2.75, 3.05) is 12.3 Å². The van der Waals surface area contributed by atoms with Crippen LogP contribution in [-0.4, -0.2) is 28.3 Å². The van der Waals surface area contributed by atoms with Crippen LogP contribution in [0.5, 0.6) is 0 Å². The SMILES string of the molecule is O=C(c1ccccc1F)N1CCCSC1=Nc1ccccc1. The van der Waals surface area contributed by atoms with Gasteiger partial charge in [0.1, 0.15) is 5.82 Å². The van der Waals surface area contributed by atoms with E-state index in [1.165, 1.54) is 23.9 Å². The van der Waals surface area contributed by atoms with Crippen molar-refractivity contribution in [3.8, 4) is 0 Å². The van der Waals surface area contributed by atoms with E-state index in [1.54, 1.807) is 17.0 Å². The third-order valence-electron chi connectivity index (χ3n) is 3.32. The molecule has 112 valence electrons. The minimum atomic E-state index is -0.498. The maximum atomic E-state index is 13.9. The van der Waals surface area contributed by atoms with Gasteiger partial charge in [-0.1, -0.05) is 42.1 Å². The molecule has 1 saturated heterocycles. The van der Waals surface area contributed by atoms with E-state index in [-0.39, 0.29) is 11.5 Å². The lowest BCUT2D eigenvalue weighted by Crippen LogP contribution is -2.39. The number of thioether (sulfide) groups is 1. The highest BCUT2D eigenvalue weighted by molar-refractivity contribution is 8.13. The summed E-state index contributed by atoms with van der Waals surface area (Å²) in [5.74, 6) is 0.0781. The Balaban J connectivity index is 1.92. The first-order valence-corrected chi connectivity index (χ1v) is 8.07. The Morgan fingerprint density at radius 1 is 1.09 bits per heavy atom. The molecule has 0 unspecified atom stereocenters. The van der Waals surface area contributed by atoms with E-state index in [2.05, 4.69) is 4.99 Å². The summed E-state index contributed by atoms with van der Waals surface area (Å²) in [6.45, 7) is 0.561. The summed E-state index contributed by atoms with van der Waals surface area (Å²) in [5.41, 5.74) is 0.879. The van der Waals surface area contributed by atoms with Crippen LogP contribution in [0.3, 0.4) is 0 Å². The molecule has 2 aromatic rings. The number of rotatable bonds is 2. The zero-order valence-corrected chi connectivity index (χ0v) is 12.7. The number of aliphatic imine (C=N–C) groups is 1. The van der Waals surface area contributed by atoms with E-state index in [0.29, 0.717) is 11.7 Å². The number of amides is 1. The summed E-state index contributed by atoms with van der Waals surface area (Å²) in [4.78, 5) is 18.7. The summed E-state index contributed by atoms with van der Waals surface area (Å²) >= 11 is 1.53. The predicted octanol–water partition coefficient (Wildman–Crippen LogP) is 4.09. The highest BCUT2D eigenvalue weighted by Gasteiger charge is 2.26. The Kier molecular flexibility index (Phi) is 4.53. The van der Waals surface area contributed by atoms with Gasteiger partial charge in [0.25, 0.3) is 5.91 Å². The van der Waals surface area contributed by atoms with Crippen LogP contribution < -0.4 is 0 Å². The fourth-order valence-corrected chi connectivity index (χ4v) is 3.19. The summed E-state index contributed by atoms with van der Waals surface area (Å²) < 4.78 is 13.9. The molecule has 0 N–H and O–H groups in total. The number of nitrogens with zero attached hydrogens (tertiary/aromatic N) is 2. The predicted molar refractivity (Wildman–Crippen MR) is 88.0 cm³/mol. The van der Waals surface area contributed by atoms with Crippen LogP contribution in [0.15, 0.2) is 59.6 Å². The number of para-hydroxylation sites is 1. The highest BCUT2D eigenvalue weighted by Crippen LogP contribution is 2.24. The third-order valence-corrected chi connectivity index (χ3v) is 4.38. The van der Waals surface area contributed by atoms with Crippen molar-refractivity contribution in [2.45, 2.75) is 6.42 Å². The molecule has 1 fully saturated rings. The van der Waals surface area contributed by atoms with Crippen molar-refractivity contribution in [1.82, 2.24) is 4.90 Å². The molecular formula is C17H15FN2OS. The lowest BCUT2D eigenvalue weighted by atomic mass is 10.2. The summed E-state index contributed by atoms with van der Waals surface area (Å²) in [5, 5.41) is 0.630. The van der Waals surface area contributed by atoms with Gasteiger partial charge in [0, 0.05) is 12.3 Å². The van der Waals surface area contributed by atoms with Crippen molar-refractivity contribution < 1.29 is 9.18 Å². The molecule has 3 rings (SSSR count). The Bertz CT molecular complexity index is 703. The first kappa shape index (κ1) is 14.8. The van der Waals surface area contributed by atoms with E-state index >= 15 is 0 Å². The molecule has 0 saturated carbocycles. The number of benzene rings is 2. The molecule has 0 aliphatic carbocycles. The van der Waals surface area contributed by atoms with Crippen LogP contribution in [0.25, 0.3) is 0 Å². The Labute approximate surface area is 132 Å². The van der Waals surface area contributed by atoms with Gasteiger partial charge in [-0.3, -0.25) is 9.69 Å². The maximum Gasteiger partial charge on any atom is 0.262 e. The van der Waals surface area contributed by atoms with Gasteiger partial charge in [0.15, 0.2) is 5.17 Å². The van der Waals surface area contributed by atoms with E-state index in [1.807, 2.05) is 30.3 Å². The molecule has 1 heterocycles.